The van der Waals surface area contributed by atoms with Crippen LogP contribution in [0.4, 0.5) is 0 Å². The molecule has 1 aliphatic rings. The summed E-state index contributed by atoms with van der Waals surface area (Å²) in [5.41, 5.74) is 0. The van der Waals surface area contributed by atoms with E-state index in [1.54, 1.807) is 0 Å². The molecule has 1 saturated heterocycles. The second-order valence-corrected chi connectivity index (χ2v) is 4.17. The van der Waals surface area contributed by atoms with Crippen LogP contribution in [0, 0.1) is 0 Å². The summed E-state index contributed by atoms with van der Waals surface area (Å²) in [6, 6.07) is 0. The van der Waals surface area contributed by atoms with E-state index in [1.165, 1.54) is 0 Å². The standard InChI is InChI=1S/C11H21NO3/c1-4-10-7-12(5-6-14-10)8-11(13)15-9(2)3/h9-10H,4-8H2,1-3H3. The van der Waals surface area contributed by atoms with Gasteiger partial charge in [0.2, 0.25) is 0 Å². The highest BCUT2D eigenvalue weighted by Crippen LogP contribution is 2.08. The average molecular weight is 215 g/mol. The van der Waals surface area contributed by atoms with E-state index in [0.717, 1.165) is 19.5 Å². The fourth-order valence-corrected chi connectivity index (χ4v) is 1.65. The van der Waals surface area contributed by atoms with Crippen molar-refractivity contribution in [1.82, 2.24) is 4.90 Å². The molecule has 1 fully saturated rings. The summed E-state index contributed by atoms with van der Waals surface area (Å²) < 4.78 is 10.6. The molecule has 1 rings (SSSR count). The molecule has 0 spiro atoms. The predicted molar refractivity (Wildman–Crippen MR) is 57.7 cm³/mol. The van der Waals surface area contributed by atoms with Crippen LogP contribution in [0.3, 0.4) is 0 Å². The zero-order valence-electron chi connectivity index (χ0n) is 9.86. The Morgan fingerprint density at radius 2 is 2.33 bits per heavy atom. The number of esters is 1. The molecule has 0 aromatic heterocycles. The molecule has 0 aliphatic carbocycles. The van der Waals surface area contributed by atoms with E-state index in [0.29, 0.717) is 13.2 Å². The lowest BCUT2D eigenvalue weighted by atomic mass is 10.2. The monoisotopic (exact) mass is 215 g/mol. The zero-order chi connectivity index (χ0) is 11.3. The molecule has 0 bridgehead atoms. The van der Waals surface area contributed by atoms with E-state index in [9.17, 15) is 4.79 Å². The third-order valence-corrected chi connectivity index (χ3v) is 2.40. The van der Waals surface area contributed by atoms with E-state index >= 15 is 0 Å². The molecule has 1 unspecified atom stereocenters. The second-order valence-electron chi connectivity index (χ2n) is 4.17. The normalized spacial score (nSPS) is 23.1. The highest BCUT2D eigenvalue weighted by molar-refractivity contribution is 5.71. The maximum absolute atomic E-state index is 11.4. The number of carbonyl (C=O) groups is 1. The molecule has 1 atom stereocenters. The van der Waals surface area contributed by atoms with Crippen LogP contribution >= 0.6 is 0 Å². The van der Waals surface area contributed by atoms with Crippen molar-refractivity contribution < 1.29 is 14.3 Å². The number of carbonyl (C=O) groups excluding carboxylic acids is 1. The first-order chi connectivity index (χ1) is 7.11. The Morgan fingerprint density at radius 1 is 1.60 bits per heavy atom. The van der Waals surface area contributed by atoms with Crippen molar-refractivity contribution in [3.63, 3.8) is 0 Å². The minimum absolute atomic E-state index is 0.0273. The van der Waals surface area contributed by atoms with E-state index in [2.05, 4.69) is 11.8 Å². The van der Waals surface area contributed by atoms with Gasteiger partial charge in [0.15, 0.2) is 0 Å². The first-order valence-corrected chi connectivity index (χ1v) is 5.65. The Hall–Kier alpha value is -0.610. The van der Waals surface area contributed by atoms with Gasteiger partial charge in [-0.1, -0.05) is 6.92 Å². The SMILES string of the molecule is CCC1CN(CC(=O)OC(C)C)CCO1. The van der Waals surface area contributed by atoms with Crippen molar-refractivity contribution in [3.8, 4) is 0 Å². The van der Waals surface area contributed by atoms with E-state index in [1.807, 2.05) is 13.8 Å². The highest BCUT2D eigenvalue weighted by atomic mass is 16.5. The van der Waals surface area contributed by atoms with Gasteiger partial charge >= 0.3 is 5.97 Å². The summed E-state index contributed by atoms with van der Waals surface area (Å²) in [5.74, 6) is -0.137. The van der Waals surface area contributed by atoms with Crippen molar-refractivity contribution in [1.29, 1.82) is 0 Å². The van der Waals surface area contributed by atoms with Gasteiger partial charge in [-0.05, 0) is 20.3 Å². The topological polar surface area (TPSA) is 38.8 Å². The van der Waals surface area contributed by atoms with Crippen LogP contribution in [0.1, 0.15) is 27.2 Å². The summed E-state index contributed by atoms with van der Waals surface area (Å²) in [4.78, 5) is 13.5. The number of morpholine rings is 1. The van der Waals surface area contributed by atoms with Gasteiger partial charge in [0.1, 0.15) is 0 Å². The van der Waals surface area contributed by atoms with Gasteiger partial charge in [0, 0.05) is 13.1 Å². The third-order valence-electron chi connectivity index (χ3n) is 2.40. The molecule has 15 heavy (non-hydrogen) atoms. The summed E-state index contributed by atoms with van der Waals surface area (Å²) in [6.07, 6.45) is 1.24. The van der Waals surface area contributed by atoms with Crippen LogP contribution in [0.2, 0.25) is 0 Å². The Labute approximate surface area is 91.5 Å². The molecule has 0 aromatic rings. The number of ether oxygens (including phenoxy) is 2. The zero-order valence-corrected chi connectivity index (χ0v) is 9.86. The van der Waals surface area contributed by atoms with Gasteiger partial charge in [0.05, 0.1) is 25.4 Å². The Kier molecular flexibility index (Phi) is 5.05. The highest BCUT2D eigenvalue weighted by Gasteiger charge is 2.21. The summed E-state index contributed by atoms with van der Waals surface area (Å²) in [7, 11) is 0. The van der Waals surface area contributed by atoms with Gasteiger partial charge in [0.25, 0.3) is 0 Å². The van der Waals surface area contributed by atoms with Gasteiger partial charge < -0.3 is 9.47 Å². The Bertz CT molecular complexity index is 206. The van der Waals surface area contributed by atoms with Gasteiger partial charge in [-0.2, -0.15) is 0 Å². The molecular weight excluding hydrogens is 194 g/mol. The molecule has 0 saturated carbocycles. The van der Waals surface area contributed by atoms with E-state index < -0.39 is 0 Å². The minimum Gasteiger partial charge on any atom is -0.462 e. The van der Waals surface area contributed by atoms with E-state index in [-0.39, 0.29) is 18.2 Å². The number of nitrogens with zero attached hydrogens (tertiary/aromatic N) is 1. The number of rotatable bonds is 4. The van der Waals surface area contributed by atoms with Crippen LogP contribution in [-0.4, -0.2) is 49.3 Å². The fraction of sp³-hybridized carbons (Fsp3) is 0.909. The number of hydrogen-bond donors (Lipinski definition) is 0. The first kappa shape index (κ1) is 12.5. The van der Waals surface area contributed by atoms with Crippen LogP contribution in [-0.2, 0) is 14.3 Å². The molecule has 0 aromatic carbocycles. The second kappa shape index (κ2) is 6.08. The Morgan fingerprint density at radius 3 is 2.93 bits per heavy atom. The largest absolute Gasteiger partial charge is 0.462 e. The lowest BCUT2D eigenvalue weighted by Gasteiger charge is -2.31. The molecule has 88 valence electrons. The van der Waals surface area contributed by atoms with Crippen molar-refractivity contribution in [2.24, 2.45) is 0 Å². The first-order valence-electron chi connectivity index (χ1n) is 5.65. The van der Waals surface area contributed by atoms with Crippen molar-refractivity contribution in [2.45, 2.75) is 39.4 Å². The van der Waals surface area contributed by atoms with Crippen LogP contribution in [0.15, 0.2) is 0 Å². The summed E-state index contributed by atoms with van der Waals surface area (Å²) in [6.45, 7) is 8.59. The molecule has 1 heterocycles. The maximum Gasteiger partial charge on any atom is 0.320 e. The predicted octanol–water partition coefficient (Wildman–Crippen LogP) is 1.05. The molecule has 1 aliphatic heterocycles. The van der Waals surface area contributed by atoms with Crippen LogP contribution in [0.5, 0.6) is 0 Å². The number of hydrogen-bond acceptors (Lipinski definition) is 4. The molecule has 4 heteroatoms. The van der Waals surface area contributed by atoms with Gasteiger partial charge in [-0.15, -0.1) is 0 Å². The van der Waals surface area contributed by atoms with Gasteiger partial charge in [-0.25, -0.2) is 0 Å². The molecule has 0 amide bonds. The fourth-order valence-electron chi connectivity index (χ4n) is 1.65. The van der Waals surface area contributed by atoms with Crippen molar-refractivity contribution in [2.75, 3.05) is 26.2 Å². The van der Waals surface area contributed by atoms with Gasteiger partial charge in [-0.3, -0.25) is 9.69 Å². The molecular formula is C11H21NO3. The summed E-state index contributed by atoms with van der Waals surface area (Å²) >= 11 is 0. The summed E-state index contributed by atoms with van der Waals surface area (Å²) in [5, 5.41) is 0. The van der Waals surface area contributed by atoms with Crippen LogP contribution in [0.25, 0.3) is 0 Å². The molecule has 4 nitrogen and oxygen atoms in total. The van der Waals surface area contributed by atoms with E-state index in [4.69, 9.17) is 9.47 Å². The van der Waals surface area contributed by atoms with Crippen molar-refractivity contribution in [3.05, 3.63) is 0 Å². The van der Waals surface area contributed by atoms with Crippen LogP contribution < -0.4 is 0 Å². The lowest BCUT2D eigenvalue weighted by molar-refractivity contribution is -0.150. The molecule has 0 N–H and O–H groups in total. The Balaban J connectivity index is 2.28. The minimum atomic E-state index is -0.137. The third kappa shape index (κ3) is 4.62. The maximum atomic E-state index is 11.4. The molecule has 0 radical (unpaired) electrons. The van der Waals surface area contributed by atoms with Crippen molar-refractivity contribution >= 4 is 5.97 Å². The average Bonchev–Trinajstić information content (AvgIpc) is 2.16. The smallest absolute Gasteiger partial charge is 0.320 e. The quantitative estimate of drug-likeness (QED) is 0.657. The lowest BCUT2D eigenvalue weighted by Crippen LogP contribution is -2.44.